The molecule has 0 unspecified atom stereocenters. The molecule has 0 spiro atoms. The zero-order valence-electron chi connectivity index (χ0n) is 7.11. The van der Waals surface area contributed by atoms with Crippen LogP contribution in [0.25, 0.3) is 0 Å². The molecule has 0 radical (unpaired) electrons. The van der Waals surface area contributed by atoms with Gasteiger partial charge in [0.25, 0.3) is 0 Å². The molecule has 1 aromatic heterocycles. The summed E-state index contributed by atoms with van der Waals surface area (Å²) < 4.78 is 5.23. The van der Waals surface area contributed by atoms with Crippen molar-refractivity contribution in [3.63, 3.8) is 0 Å². The van der Waals surface area contributed by atoms with Crippen molar-refractivity contribution in [2.75, 3.05) is 0 Å². The molecule has 0 aliphatic carbocycles. The topological polar surface area (TPSA) is 64.4 Å². The molecule has 2 N–H and O–H groups in total. The van der Waals surface area contributed by atoms with E-state index in [4.69, 9.17) is 10.2 Å². The Kier molecular flexibility index (Phi) is 2.63. The number of nitrogens with two attached hydrogens (primary N) is 1. The highest BCUT2D eigenvalue weighted by atomic mass is 16.4. The summed E-state index contributed by atoms with van der Waals surface area (Å²) in [6, 6.07) is 0. The van der Waals surface area contributed by atoms with E-state index in [-0.39, 0.29) is 0 Å². The van der Waals surface area contributed by atoms with Gasteiger partial charge >= 0.3 is 0 Å². The fourth-order valence-corrected chi connectivity index (χ4v) is 0.747. The summed E-state index contributed by atoms with van der Waals surface area (Å²) >= 11 is 0. The van der Waals surface area contributed by atoms with Gasteiger partial charge in [0.2, 0.25) is 0 Å². The van der Waals surface area contributed by atoms with E-state index >= 15 is 0 Å². The molecular formula is C8H11N3O. The predicted molar refractivity (Wildman–Crippen MR) is 46.8 cm³/mol. The van der Waals surface area contributed by atoms with Crippen LogP contribution >= 0.6 is 0 Å². The van der Waals surface area contributed by atoms with Crippen molar-refractivity contribution in [3.05, 3.63) is 30.2 Å². The second kappa shape index (κ2) is 3.71. The minimum atomic E-state index is 0.635. The van der Waals surface area contributed by atoms with Gasteiger partial charge in [-0.3, -0.25) is 4.99 Å². The van der Waals surface area contributed by atoms with Gasteiger partial charge < -0.3 is 10.2 Å². The average Bonchev–Trinajstić information content (AvgIpc) is 2.47. The monoisotopic (exact) mass is 165 g/mol. The Morgan fingerprint density at radius 3 is 3.00 bits per heavy atom. The second-order valence-electron chi connectivity index (χ2n) is 2.30. The predicted octanol–water partition coefficient (Wildman–Crippen LogP) is 1.22. The van der Waals surface area contributed by atoms with Gasteiger partial charge in [-0.1, -0.05) is 0 Å². The van der Waals surface area contributed by atoms with Crippen LogP contribution in [0.4, 0.5) is 0 Å². The number of hydrogen-bond donors (Lipinski definition) is 1. The quantitative estimate of drug-likeness (QED) is 0.670. The maximum absolute atomic E-state index is 5.23. The molecule has 0 aromatic carbocycles. The third kappa shape index (κ3) is 1.95. The van der Waals surface area contributed by atoms with Gasteiger partial charge in [0, 0.05) is 19.3 Å². The van der Waals surface area contributed by atoms with Crippen LogP contribution in [-0.4, -0.2) is 10.7 Å². The number of aromatic nitrogens is 1. The van der Waals surface area contributed by atoms with E-state index in [1.165, 1.54) is 12.4 Å². The fourth-order valence-electron chi connectivity index (χ4n) is 0.747. The van der Waals surface area contributed by atoms with Crippen molar-refractivity contribution in [2.45, 2.75) is 13.8 Å². The lowest BCUT2D eigenvalue weighted by atomic mass is 10.3. The molecule has 0 atom stereocenters. The van der Waals surface area contributed by atoms with Crippen LogP contribution < -0.4 is 5.73 Å². The maximum atomic E-state index is 5.23. The van der Waals surface area contributed by atoms with E-state index in [2.05, 4.69) is 9.98 Å². The van der Waals surface area contributed by atoms with Gasteiger partial charge in [-0.15, -0.1) is 0 Å². The van der Waals surface area contributed by atoms with Crippen molar-refractivity contribution >= 4 is 5.71 Å². The highest BCUT2D eigenvalue weighted by molar-refractivity contribution is 5.96. The molecule has 12 heavy (non-hydrogen) atoms. The van der Waals surface area contributed by atoms with Gasteiger partial charge in [-0.2, -0.15) is 0 Å². The molecular weight excluding hydrogens is 154 g/mol. The minimum absolute atomic E-state index is 0.635. The van der Waals surface area contributed by atoms with Crippen LogP contribution in [-0.2, 0) is 0 Å². The molecule has 0 fully saturated rings. The molecule has 4 nitrogen and oxygen atoms in total. The first-order valence-corrected chi connectivity index (χ1v) is 3.58. The Morgan fingerprint density at radius 2 is 2.50 bits per heavy atom. The molecule has 0 amide bonds. The summed E-state index contributed by atoms with van der Waals surface area (Å²) in [6.45, 7) is 3.62. The largest absolute Gasteiger partial charge is 0.440 e. The van der Waals surface area contributed by atoms with Crippen molar-refractivity contribution < 1.29 is 4.42 Å². The number of oxazole rings is 1. The Balaban J connectivity index is 2.84. The van der Waals surface area contributed by atoms with Crippen molar-refractivity contribution in [2.24, 2.45) is 10.7 Å². The van der Waals surface area contributed by atoms with E-state index in [0.717, 1.165) is 5.71 Å². The molecule has 4 heteroatoms. The molecule has 1 rings (SSSR count). The molecule has 0 aliphatic rings. The second-order valence-corrected chi connectivity index (χ2v) is 2.30. The average molecular weight is 165 g/mol. The van der Waals surface area contributed by atoms with Crippen LogP contribution in [0.15, 0.2) is 28.0 Å². The van der Waals surface area contributed by atoms with E-state index < -0.39 is 0 Å². The van der Waals surface area contributed by atoms with E-state index in [0.29, 0.717) is 11.7 Å². The van der Waals surface area contributed by atoms with Gasteiger partial charge in [0.1, 0.15) is 0 Å². The Hall–Kier alpha value is -1.58. The molecule has 1 aromatic rings. The highest BCUT2D eigenvalue weighted by Gasteiger charge is 2.01. The van der Waals surface area contributed by atoms with Crippen molar-refractivity contribution in [3.8, 4) is 0 Å². The van der Waals surface area contributed by atoms with E-state index in [1.54, 1.807) is 13.1 Å². The van der Waals surface area contributed by atoms with Crippen LogP contribution in [0.2, 0.25) is 0 Å². The summed E-state index contributed by atoms with van der Waals surface area (Å²) in [6.07, 6.45) is 4.51. The van der Waals surface area contributed by atoms with Crippen LogP contribution in [0.1, 0.15) is 18.6 Å². The standard InChI is InChI=1S/C8H11N3O/c1-6(10-4-3-9)8-5-11-7(2)12-8/h3-5H,9H2,1-2H3/b4-3-,10-6?. The summed E-state index contributed by atoms with van der Waals surface area (Å²) in [7, 11) is 0. The Morgan fingerprint density at radius 1 is 1.75 bits per heavy atom. The van der Waals surface area contributed by atoms with Crippen molar-refractivity contribution in [1.82, 2.24) is 4.98 Å². The summed E-state index contributed by atoms with van der Waals surface area (Å²) in [4.78, 5) is 7.95. The molecule has 1 heterocycles. The van der Waals surface area contributed by atoms with E-state index in [1.807, 2.05) is 6.92 Å². The summed E-state index contributed by atoms with van der Waals surface area (Å²) in [5, 5.41) is 0. The van der Waals surface area contributed by atoms with E-state index in [9.17, 15) is 0 Å². The minimum Gasteiger partial charge on any atom is -0.440 e. The number of nitrogens with zero attached hydrogens (tertiary/aromatic N) is 2. The summed E-state index contributed by atoms with van der Waals surface area (Å²) in [5.41, 5.74) is 5.89. The van der Waals surface area contributed by atoms with Gasteiger partial charge in [0.05, 0.1) is 11.9 Å². The number of rotatable bonds is 2. The number of aliphatic imine (C=N–C) groups is 1. The Bertz CT molecular complexity index is 312. The van der Waals surface area contributed by atoms with Gasteiger partial charge in [0.15, 0.2) is 11.7 Å². The first kappa shape index (κ1) is 8.52. The Labute approximate surface area is 70.8 Å². The van der Waals surface area contributed by atoms with Crippen LogP contribution in [0, 0.1) is 6.92 Å². The SMILES string of the molecule is CC(=N/C=C\N)c1cnc(C)o1. The summed E-state index contributed by atoms with van der Waals surface area (Å²) in [5.74, 6) is 1.31. The number of hydrogen-bond acceptors (Lipinski definition) is 4. The van der Waals surface area contributed by atoms with Crippen LogP contribution in [0.3, 0.4) is 0 Å². The molecule has 0 saturated heterocycles. The molecule has 0 saturated carbocycles. The lowest BCUT2D eigenvalue weighted by Gasteiger charge is -1.89. The number of aryl methyl sites for hydroxylation is 1. The molecule has 0 bridgehead atoms. The normalized spacial score (nSPS) is 12.7. The third-order valence-corrected chi connectivity index (χ3v) is 1.33. The van der Waals surface area contributed by atoms with Crippen molar-refractivity contribution in [1.29, 1.82) is 0 Å². The third-order valence-electron chi connectivity index (χ3n) is 1.33. The lowest BCUT2D eigenvalue weighted by Crippen LogP contribution is -1.90. The zero-order chi connectivity index (χ0) is 8.97. The molecule has 0 aliphatic heterocycles. The zero-order valence-corrected chi connectivity index (χ0v) is 7.11. The highest BCUT2D eigenvalue weighted by Crippen LogP contribution is 2.03. The first-order valence-electron chi connectivity index (χ1n) is 3.58. The maximum Gasteiger partial charge on any atom is 0.191 e. The molecule has 64 valence electrons. The van der Waals surface area contributed by atoms with Crippen LogP contribution in [0.5, 0.6) is 0 Å². The lowest BCUT2D eigenvalue weighted by molar-refractivity contribution is 0.513. The first-order chi connectivity index (χ1) is 5.74. The fraction of sp³-hybridized carbons (Fsp3) is 0.250. The van der Waals surface area contributed by atoms with Gasteiger partial charge in [-0.05, 0) is 6.92 Å². The van der Waals surface area contributed by atoms with Gasteiger partial charge in [-0.25, -0.2) is 4.98 Å². The smallest absolute Gasteiger partial charge is 0.191 e.